The number of nitrogens with one attached hydrogen (secondary N) is 2. The second kappa shape index (κ2) is 8.76. The second-order valence-electron chi connectivity index (χ2n) is 10.7. The molecule has 2 amide bonds. The molecule has 2 N–H and O–H groups in total. The summed E-state index contributed by atoms with van der Waals surface area (Å²) in [5.74, 6) is -0.148. The predicted octanol–water partition coefficient (Wildman–Crippen LogP) is 4.36. The zero-order valence-corrected chi connectivity index (χ0v) is 20.7. The maximum Gasteiger partial charge on any atom is 0.228 e. The first-order valence-electron chi connectivity index (χ1n) is 12.9. The van der Waals surface area contributed by atoms with E-state index in [1.54, 1.807) is 11.3 Å². The lowest BCUT2D eigenvalue weighted by Gasteiger charge is -2.26. The highest BCUT2D eigenvalue weighted by Crippen LogP contribution is 2.72. The number of likely N-dealkylation sites (tertiary alicyclic amines) is 1. The molecule has 4 aliphatic rings. The van der Waals surface area contributed by atoms with Crippen LogP contribution in [0.3, 0.4) is 0 Å². The summed E-state index contributed by atoms with van der Waals surface area (Å²) in [5, 5.41) is 7.35. The Morgan fingerprint density at radius 1 is 1.09 bits per heavy atom. The van der Waals surface area contributed by atoms with Gasteiger partial charge in [0, 0.05) is 12.2 Å². The molecule has 1 saturated heterocycles. The number of hydrogen-bond donors (Lipinski definition) is 2. The minimum atomic E-state index is -0.296. The molecule has 1 aromatic carbocycles. The van der Waals surface area contributed by atoms with E-state index in [9.17, 15) is 9.59 Å². The fourth-order valence-electron chi connectivity index (χ4n) is 6.85. The highest BCUT2D eigenvalue weighted by Gasteiger charge is 2.69. The minimum Gasteiger partial charge on any atom is -0.356 e. The first-order valence-corrected chi connectivity index (χ1v) is 13.7. The maximum absolute atomic E-state index is 13.6. The molecule has 0 radical (unpaired) electrons. The number of amides is 2. The number of carbonyl (C=O) groups is 2. The third-order valence-electron chi connectivity index (χ3n) is 8.61. The van der Waals surface area contributed by atoms with E-state index in [0.717, 1.165) is 53.1 Å². The summed E-state index contributed by atoms with van der Waals surface area (Å²) in [6.07, 6.45) is 11.4. The molecule has 3 fully saturated rings. The number of thiazole rings is 1. The van der Waals surface area contributed by atoms with Gasteiger partial charge in [0.15, 0.2) is 0 Å². The number of benzene rings is 1. The van der Waals surface area contributed by atoms with Crippen molar-refractivity contribution >= 4 is 39.1 Å². The van der Waals surface area contributed by atoms with Crippen LogP contribution in [0.1, 0.15) is 43.5 Å². The lowest BCUT2D eigenvalue weighted by molar-refractivity contribution is -0.132. The Labute approximate surface area is 205 Å². The molecule has 2 saturated carbocycles. The molecule has 180 valence electrons. The molecule has 2 aromatic rings. The molecule has 6 rings (SSSR count). The quantitative estimate of drug-likeness (QED) is 0.437. The summed E-state index contributed by atoms with van der Waals surface area (Å²) in [5.41, 5.74) is 1.82. The van der Waals surface area contributed by atoms with Crippen molar-refractivity contribution in [3.8, 4) is 0 Å². The lowest BCUT2D eigenvalue weighted by Crippen LogP contribution is -2.42. The highest BCUT2D eigenvalue weighted by molar-refractivity contribution is 7.18. The molecule has 4 atom stereocenters. The lowest BCUT2D eigenvalue weighted by atomic mass is 9.81. The van der Waals surface area contributed by atoms with Gasteiger partial charge in [0.1, 0.15) is 0 Å². The van der Waals surface area contributed by atoms with Gasteiger partial charge in [0.25, 0.3) is 0 Å². The molecule has 34 heavy (non-hydrogen) atoms. The van der Waals surface area contributed by atoms with Crippen molar-refractivity contribution in [1.29, 1.82) is 0 Å². The fraction of sp³-hybridized carbons (Fsp3) is 0.593. The Morgan fingerprint density at radius 3 is 2.56 bits per heavy atom. The van der Waals surface area contributed by atoms with Gasteiger partial charge in [-0.1, -0.05) is 12.2 Å². The summed E-state index contributed by atoms with van der Waals surface area (Å²) in [4.78, 5) is 34.0. The average Bonchev–Trinajstić information content (AvgIpc) is 3.10. The number of anilines is 1. The zero-order chi connectivity index (χ0) is 23.3. The van der Waals surface area contributed by atoms with Crippen LogP contribution in [-0.2, 0) is 9.59 Å². The summed E-state index contributed by atoms with van der Waals surface area (Å²) in [6.45, 7) is 6.26. The molecule has 1 spiro atoms. The van der Waals surface area contributed by atoms with Gasteiger partial charge in [-0.3, -0.25) is 9.59 Å². The molecular weight excluding hydrogens is 444 g/mol. The largest absolute Gasteiger partial charge is 0.356 e. The van der Waals surface area contributed by atoms with Gasteiger partial charge < -0.3 is 15.5 Å². The van der Waals surface area contributed by atoms with Gasteiger partial charge in [-0.05, 0) is 101 Å². The van der Waals surface area contributed by atoms with E-state index in [1.165, 1.54) is 25.9 Å². The van der Waals surface area contributed by atoms with Crippen LogP contribution in [0.2, 0.25) is 0 Å². The van der Waals surface area contributed by atoms with Crippen molar-refractivity contribution in [3.63, 3.8) is 0 Å². The molecule has 3 aliphatic carbocycles. The van der Waals surface area contributed by atoms with Crippen LogP contribution in [0.4, 0.5) is 5.69 Å². The molecule has 0 unspecified atom stereocenters. The normalized spacial score (nSPS) is 28.7. The minimum absolute atomic E-state index is 0.0244. The van der Waals surface area contributed by atoms with E-state index >= 15 is 0 Å². The SMILES string of the molecule is Cc1nc2cc(NC(=O)[C@H]3[C@H](C(=O)NCCCCN4CCCC4)[C@H]4C=C[C@H]3C43CC3)ccc2s1. The van der Waals surface area contributed by atoms with Crippen molar-refractivity contribution in [2.45, 2.75) is 45.4 Å². The average molecular weight is 479 g/mol. The van der Waals surface area contributed by atoms with Crippen molar-refractivity contribution in [2.75, 3.05) is 31.5 Å². The second-order valence-corrected chi connectivity index (χ2v) is 11.9. The third kappa shape index (κ3) is 3.87. The molecule has 1 aromatic heterocycles. The van der Waals surface area contributed by atoms with E-state index in [-0.39, 0.29) is 40.9 Å². The van der Waals surface area contributed by atoms with Crippen molar-refractivity contribution < 1.29 is 9.59 Å². The molecule has 2 bridgehead atoms. The molecule has 6 nitrogen and oxygen atoms in total. The van der Waals surface area contributed by atoms with Crippen LogP contribution in [0, 0.1) is 36.0 Å². The molecule has 7 heteroatoms. The van der Waals surface area contributed by atoms with Gasteiger partial charge >= 0.3 is 0 Å². The first-order chi connectivity index (χ1) is 16.5. The molecule has 2 heterocycles. The number of aryl methyl sites for hydroxylation is 1. The number of nitrogens with zero attached hydrogens (tertiary/aromatic N) is 2. The van der Waals surface area contributed by atoms with Crippen LogP contribution in [0.15, 0.2) is 30.4 Å². The number of fused-ring (bicyclic) bond motifs is 1. The Bertz CT molecular complexity index is 1130. The number of hydrogen-bond acceptors (Lipinski definition) is 5. The van der Waals surface area contributed by atoms with Crippen LogP contribution in [0.25, 0.3) is 10.2 Å². The Hall–Kier alpha value is -2.25. The third-order valence-corrected chi connectivity index (χ3v) is 9.56. The Kier molecular flexibility index (Phi) is 5.72. The fourth-order valence-corrected chi connectivity index (χ4v) is 7.66. The monoisotopic (exact) mass is 478 g/mol. The van der Waals surface area contributed by atoms with Crippen LogP contribution in [-0.4, -0.2) is 47.9 Å². The maximum atomic E-state index is 13.6. The van der Waals surface area contributed by atoms with Crippen molar-refractivity contribution in [2.24, 2.45) is 29.1 Å². The molecule has 1 aliphatic heterocycles. The standard InChI is InChI=1S/C27H34N4O2S/c1-17-29-21-16-18(6-9-22(21)34-17)30-26(33)24-20-8-7-19(27(20)10-11-27)23(24)25(32)28-12-2-3-13-31-14-4-5-15-31/h6-9,16,19-20,23-24H,2-5,10-15H2,1H3,(H,28,32)(H,30,33)/t19-,20-,23-,24-/m1/s1. The Morgan fingerprint density at radius 2 is 1.82 bits per heavy atom. The summed E-state index contributed by atoms with van der Waals surface area (Å²) in [6, 6.07) is 5.91. The summed E-state index contributed by atoms with van der Waals surface area (Å²) < 4.78 is 1.12. The van der Waals surface area contributed by atoms with E-state index < -0.39 is 0 Å². The Balaban J connectivity index is 1.11. The number of aromatic nitrogens is 1. The molecular formula is C27H34N4O2S. The van der Waals surface area contributed by atoms with Crippen molar-refractivity contribution in [1.82, 2.24) is 15.2 Å². The van der Waals surface area contributed by atoms with Gasteiger partial charge in [-0.2, -0.15) is 0 Å². The van der Waals surface area contributed by atoms with Crippen LogP contribution in [0.5, 0.6) is 0 Å². The van der Waals surface area contributed by atoms with E-state index in [1.807, 2.05) is 25.1 Å². The van der Waals surface area contributed by atoms with E-state index in [2.05, 4.69) is 32.7 Å². The van der Waals surface area contributed by atoms with Crippen LogP contribution < -0.4 is 10.6 Å². The smallest absolute Gasteiger partial charge is 0.228 e. The number of carbonyl (C=O) groups excluding carboxylic acids is 2. The van der Waals surface area contributed by atoms with Gasteiger partial charge in [0.05, 0.1) is 27.1 Å². The van der Waals surface area contributed by atoms with E-state index in [0.29, 0.717) is 6.54 Å². The summed E-state index contributed by atoms with van der Waals surface area (Å²) in [7, 11) is 0. The van der Waals surface area contributed by atoms with Crippen molar-refractivity contribution in [3.05, 3.63) is 35.4 Å². The van der Waals surface area contributed by atoms with Gasteiger partial charge in [0.2, 0.25) is 11.8 Å². The van der Waals surface area contributed by atoms with Gasteiger partial charge in [-0.25, -0.2) is 4.98 Å². The number of allylic oxidation sites excluding steroid dienone is 2. The zero-order valence-electron chi connectivity index (χ0n) is 19.9. The first kappa shape index (κ1) is 22.2. The number of rotatable bonds is 8. The van der Waals surface area contributed by atoms with Crippen LogP contribution >= 0.6 is 11.3 Å². The van der Waals surface area contributed by atoms with E-state index in [4.69, 9.17) is 0 Å². The van der Waals surface area contributed by atoms with Gasteiger partial charge in [-0.15, -0.1) is 11.3 Å². The highest BCUT2D eigenvalue weighted by atomic mass is 32.1. The summed E-state index contributed by atoms with van der Waals surface area (Å²) >= 11 is 1.66. The predicted molar refractivity (Wildman–Crippen MR) is 136 cm³/mol. The number of unbranched alkanes of at least 4 members (excludes halogenated alkanes) is 1. The topological polar surface area (TPSA) is 74.3 Å².